The number of aliphatic hydroxyl groups is 1. The van der Waals surface area contributed by atoms with Gasteiger partial charge in [0.15, 0.2) is 5.78 Å². The van der Waals surface area contributed by atoms with Crippen LogP contribution in [-0.2, 0) is 14.3 Å². The fraction of sp³-hybridized carbons (Fsp3) is 0.583. The Morgan fingerprint density at radius 3 is 2.55 bits per heavy atom. The highest BCUT2D eigenvalue weighted by Gasteiger charge is 2.26. The summed E-state index contributed by atoms with van der Waals surface area (Å²) in [6.07, 6.45) is 8.06. The minimum Gasteiger partial charge on any atom is -0.469 e. The number of allylic oxidation sites excluding steroid dienone is 2. The molecule has 0 amide bonds. The number of hydrogen-bond acceptors (Lipinski definition) is 5. The van der Waals surface area contributed by atoms with Gasteiger partial charge in [0, 0.05) is 23.5 Å². The quantitative estimate of drug-likeness (QED) is 0.261. The van der Waals surface area contributed by atoms with Gasteiger partial charge in [0.1, 0.15) is 0 Å². The number of esters is 1. The third-order valence-corrected chi connectivity index (χ3v) is 6.83. The molecular formula is C24H34O4S. The predicted molar refractivity (Wildman–Crippen MR) is 118 cm³/mol. The molecule has 0 saturated carbocycles. The fourth-order valence-electron chi connectivity index (χ4n) is 3.63. The van der Waals surface area contributed by atoms with Gasteiger partial charge in [-0.1, -0.05) is 36.6 Å². The number of carbonyl (C=O) groups excluding carboxylic acids is 2. The van der Waals surface area contributed by atoms with E-state index in [0.29, 0.717) is 25.0 Å². The van der Waals surface area contributed by atoms with Crippen LogP contribution < -0.4 is 0 Å². The number of unbranched alkanes of at least 4 members (excludes halogenated alkanes) is 3. The van der Waals surface area contributed by atoms with Crippen molar-refractivity contribution in [2.24, 2.45) is 0 Å². The van der Waals surface area contributed by atoms with Gasteiger partial charge < -0.3 is 9.84 Å². The monoisotopic (exact) mass is 418 g/mol. The molecule has 2 rings (SSSR count). The average molecular weight is 419 g/mol. The van der Waals surface area contributed by atoms with Crippen LogP contribution in [0, 0.1) is 0 Å². The molecule has 0 bridgehead atoms. The first-order valence-electron chi connectivity index (χ1n) is 10.6. The van der Waals surface area contributed by atoms with Gasteiger partial charge in [-0.2, -0.15) is 0 Å². The van der Waals surface area contributed by atoms with Crippen molar-refractivity contribution in [2.45, 2.75) is 81.6 Å². The molecule has 0 spiro atoms. The summed E-state index contributed by atoms with van der Waals surface area (Å²) in [4.78, 5) is 24.6. The number of rotatable bonds is 13. The first-order valence-corrected chi connectivity index (χ1v) is 11.6. The van der Waals surface area contributed by atoms with Gasteiger partial charge in [0.05, 0.1) is 12.7 Å². The summed E-state index contributed by atoms with van der Waals surface area (Å²) in [5.74, 6) is 0.777. The second-order valence-electron chi connectivity index (χ2n) is 8.09. The van der Waals surface area contributed by atoms with Gasteiger partial charge in [-0.3, -0.25) is 9.59 Å². The fourth-order valence-corrected chi connectivity index (χ4v) is 4.60. The van der Waals surface area contributed by atoms with Crippen LogP contribution in [0.2, 0.25) is 0 Å². The Bertz CT molecular complexity index is 694. The Labute approximate surface area is 179 Å². The summed E-state index contributed by atoms with van der Waals surface area (Å²) in [5, 5.41) is 10.8. The highest BCUT2D eigenvalue weighted by molar-refractivity contribution is 7.99. The number of ketones is 1. The lowest BCUT2D eigenvalue weighted by Gasteiger charge is -2.23. The van der Waals surface area contributed by atoms with Crippen LogP contribution in [0.25, 0.3) is 0 Å². The second kappa shape index (κ2) is 12.2. The van der Waals surface area contributed by atoms with E-state index in [4.69, 9.17) is 0 Å². The van der Waals surface area contributed by atoms with E-state index >= 15 is 0 Å². The Balaban J connectivity index is 1.75. The van der Waals surface area contributed by atoms with Gasteiger partial charge >= 0.3 is 5.97 Å². The lowest BCUT2D eigenvalue weighted by atomic mass is 9.95. The van der Waals surface area contributed by atoms with Crippen molar-refractivity contribution in [3.8, 4) is 0 Å². The zero-order valence-electron chi connectivity index (χ0n) is 17.7. The number of benzene rings is 1. The predicted octanol–water partition coefficient (Wildman–Crippen LogP) is 5.48. The molecule has 0 saturated heterocycles. The van der Waals surface area contributed by atoms with Crippen LogP contribution in [0.1, 0.15) is 71.1 Å². The summed E-state index contributed by atoms with van der Waals surface area (Å²) in [5.41, 5.74) is 1.50. The first kappa shape index (κ1) is 23.7. The second-order valence-corrected chi connectivity index (χ2v) is 9.14. The molecule has 1 aromatic carbocycles. The zero-order chi connectivity index (χ0) is 21.1. The Morgan fingerprint density at radius 1 is 1.10 bits per heavy atom. The third kappa shape index (κ3) is 8.75. The molecule has 1 unspecified atom stereocenters. The maximum atomic E-state index is 12.3. The normalized spacial score (nSPS) is 16.2. The van der Waals surface area contributed by atoms with Crippen molar-refractivity contribution < 1.29 is 19.4 Å². The van der Waals surface area contributed by atoms with Crippen molar-refractivity contribution in [2.75, 3.05) is 12.9 Å². The molecule has 0 fully saturated rings. The summed E-state index contributed by atoms with van der Waals surface area (Å²) >= 11 is 1.67. The lowest BCUT2D eigenvalue weighted by molar-refractivity contribution is -0.140. The Hall–Kier alpha value is -1.59. The molecule has 0 aromatic heterocycles. The number of ether oxygens (including phenoxy) is 1. The van der Waals surface area contributed by atoms with Crippen molar-refractivity contribution >= 4 is 23.5 Å². The molecule has 0 radical (unpaired) electrons. The molecule has 0 heterocycles. The van der Waals surface area contributed by atoms with Crippen LogP contribution in [0.5, 0.6) is 0 Å². The van der Waals surface area contributed by atoms with E-state index < -0.39 is 5.60 Å². The number of methoxy groups -OCH3 is 1. The topological polar surface area (TPSA) is 63.6 Å². The van der Waals surface area contributed by atoms with Gasteiger partial charge in [-0.05, 0) is 63.2 Å². The van der Waals surface area contributed by atoms with Crippen LogP contribution in [-0.4, -0.2) is 35.3 Å². The number of hydrogen-bond donors (Lipinski definition) is 1. The number of carbonyl (C=O) groups is 2. The van der Waals surface area contributed by atoms with E-state index in [-0.39, 0.29) is 11.8 Å². The molecular weight excluding hydrogens is 384 g/mol. The Kier molecular flexibility index (Phi) is 9.95. The van der Waals surface area contributed by atoms with Crippen LogP contribution in [0.3, 0.4) is 0 Å². The van der Waals surface area contributed by atoms with E-state index in [2.05, 4.69) is 16.9 Å². The highest BCUT2D eigenvalue weighted by Crippen LogP contribution is 2.33. The first-order chi connectivity index (χ1) is 13.9. The van der Waals surface area contributed by atoms with Gasteiger partial charge in [0.2, 0.25) is 0 Å². The van der Waals surface area contributed by atoms with Gasteiger partial charge in [-0.25, -0.2) is 0 Å². The van der Waals surface area contributed by atoms with Crippen molar-refractivity contribution in [3.63, 3.8) is 0 Å². The maximum Gasteiger partial charge on any atom is 0.305 e. The zero-order valence-corrected chi connectivity index (χ0v) is 18.6. The van der Waals surface area contributed by atoms with E-state index in [1.807, 2.05) is 25.1 Å². The third-order valence-electron chi connectivity index (χ3n) is 5.46. The molecule has 1 aliphatic carbocycles. The molecule has 4 nitrogen and oxygen atoms in total. The molecule has 0 aliphatic heterocycles. The van der Waals surface area contributed by atoms with Gasteiger partial charge in [-0.15, -0.1) is 11.8 Å². The van der Waals surface area contributed by atoms with E-state index in [0.717, 1.165) is 55.4 Å². The molecule has 1 N–H and O–H groups in total. The van der Waals surface area contributed by atoms with Gasteiger partial charge in [0.25, 0.3) is 0 Å². The van der Waals surface area contributed by atoms with Crippen LogP contribution in [0.15, 0.2) is 46.4 Å². The van der Waals surface area contributed by atoms with Crippen molar-refractivity contribution in [3.05, 3.63) is 41.5 Å². The molecule has 1 aliphatic rings. The van der Waals surface area contributed by atoms with Crippen LogP contribution in [0.4, 0.5) is 0 Å². The molecule has 160 valence electrons. The van der Waals surface area contributed by atoms with Crippen molar-refractivity contribution in [1.82, 2.24) is 0 Å². The maximum absolute atomic E-state index is 12.3. The smallest absolute Gasteiger partial charge is 0.305 e. The highest BCUT2D eigenvalue weighted by atomic mass is 32.2. The summed E-state index contributed by atoms with van der Waals surface area (Å²) < 4.78 is 4.65. The lowest BCUT2D eigenvalue weighted by Crippen LogP contribution is -2.27. The summed E-state index contributed by atoms with van der Waals surface area (Å²) in [6, 6.07) is 10.1. The minimum atomic E-state index is -0.752. The standard InChI is InChI=1S/C24H34O4S/c1-24(27,18-29-20-10-6-5-7-11-20)17-16-19-14-15-22(25)21(19)12-8-3-4-9-13-23(26)28-2/h5-7,10-11,27H,3-4,8-9,12-18H2,1-2H3. The summed E-state index contributed by atoms with van der Waals surface area (Å²) in [7, 11) is 1.42. The number of thioether (sulfide) groups is 1. The van der Waals surface area contributed by atoms with E-state index in [9.17, 15) is 14.7 Å². The molecule has 5 heteroatoms. The van der Waals surface area contributed by atoms with E-state index in [1.165, 1.54) is 12.7 Å². The van der Waals surface area contributed by atoms with Crippen LogP contribution >= 0.6 is 11.8 Å². The molecule has 29 heavy (non-hydrogen) atoms. The summed E-state index contributed by atoms with van der Waals surface area (Å²) in [6.45, 7) is 1.89. The SMILES string of the molecule is COC(=O)CCCCCCC1=C(CCC(C)(O)CSc2ccccc2)CCC1=O. The van der Waals surface area contributed by atoms with E-state index in [1.54, 1.807) is 11.8 Å². The molecule has 1 atom stereocenters. The largest absolute Gasteiger partial charge is 0.469 e. The average Bonchev–Trinajstić information content (AvgIpc) is 3.08. The molecule has 1 aromatic rings. The van der Waals surface area contributed by atoms with Crippen molar-refractivity contribution in [1.29, 1.82) is 0 Å². The Morgan fingerprint density at radius 2 is 1.83 bits per heavy atom. The minimum absolute atomic E-state index is 0.154. The number of Topliss-reactive ketones (excluding diaryl/α,β-unsaturated/α-hetero) is 1.